The molecule has 0 bridgehead atoms. The molecule has 0 saturated heterocycles. The van der Waals surface area contributed by atoms with Gasteiger partial charge in [-0.3, -0.25) is 4.90 Å². The molecule has 0 spiro atoms. The number of hydrogen-bond donors (Lipinski definition) is 0. The average molecular weight is 380 g/mol. The number of halogens is 3. The molecule has 0 aromatic heterocycles. The second-order valence-electron chi connectivity index (χ2n) is 7.84. The topological polar surface area (TPSA) is 3.24 Å². The minimum absolute atomic E-state index is 0.602. The number of alkyl halides is 3. The van der Waals surface area contributed by atoms with Crippen LogP contribution in [0, 0.1) is 0 Å². The van der Waals surface area contributed by atoms with Crippen LogP contribution in [-0.2, 0) is 0 Å². The van der Waals surface area contributed by atoms with E-state index in [2.05, 4.69) is 13.8 Å². The van der Waals surface area contributed by atoms with Crippen molar-refractivity contribution in [1.29, 1.82) is 0 Å². The van der Waals surface area contributed by atoms with Crippen LogP contribution in [0.5, 0.6) is 0 Å². The Hall–Kier alpha value is -0.250. The Labute approximate surface area is 161 Å². The van der Waals surface area contributed by atoms with Crippen LogP contribution in [0.1, 0.15) is 117 Å². The Kier molecular flexibility index (Phi) is 18.0. The maximum absolute atomic E-state index is 12.8. The van der Waals surface area contributed by atoms with Crippen molar-refractivity contribution in [2.75, 3.05) is 19.6 Å². The van der Waals surface area contributed by atoms with E-state index in [1.54, 1.807) is 4.90 Å². The third kappa shape index (κ3) is 20.1. The van der Waals surface area contributed by atoms with E-state index in [4.69, 9.17) is 0 Å². The summed E-state index contributed by atoms with van der Waals surface area (Å²) in [6.07, 6.45) is 14.9. The number of unbranched alkanes of at least 4 members (excludes halogenated alkanes) is 14. The lowest BCUT2D eigenvalue weighted by molar-refractivity contribution is -0.146. The molecule has 26 heavy (non-hydrogen) atoms. The van der Waals surface area contributed by atoms with Crippen molar-refractivity contribution in [2.45, 2.75) is 123 Å². The van der Waals surface area contributed by atoms with E-state index in [9.17, 15) is 13.2 Å². The minimum Gasteiger partial charge on any atom is -0.295 e. The summed E-state index contributed by atoms with van der Waals surface area (Å²) in [6.45, 7) is 4.89. The van der Waals surface area contributed by atoms with Crippen molar-refractivity contribution in [3.8, 4) is 0 Å². The van der Waals surface area contributed by atoms with Crippen LogP contribution < -0.4 is 0 Å². The van der Waals surface area contributed by atoms with Crippen molar-refractivity contribution in [1.82, 2.24) is 4.90 Å². The van der Waals surface area contributed by atoms with Gasteiger partial charge in [-0.2, -0.15) is 13.2 Å². The zero-order valence-corrected chi connectivity index (χ0v) is 17.5. The number of hydrogen-bond acceptors (Lipinski definition) is 1. The van der Waals surface area contributed by atoms with Crippen LogP contribution in [0.4, 0.5) is 13.2 Å². The van der Waals surface area contributed by atoms with Gasteiger partial charge in [0.15, 0.2) is 0 Å². The molecular weight excluding hydrogens is 335 g/mol. The fourth-order valence-electron chi connectivity index (χ4n) is 3.46. The van der Waals surface area contributed by atoms with Crippen molar-refractivity contribution >= 4 is 0 Å². The van der Waals surface area contributed by atoms with Crippen LogP contribution in [0.15, 0.2) is 0 Å². The molecule has 0 unspecified atom stereocenters. The predicted molar refractivity (Wildman–Crippen MR) is 108 cm³/mol. The van der Waals surface area contributed by atoms with E-state index in [1.165, 1.54) is 77.0 Å². The summed E-state index contributed by atoms with van der Waals surface area (Å²) in [7, 11) is 0. The zero-order valence-electron chi connectivity index (χ0n) is 17.5. The van der Waals surface area contributed by atoms with Gasteiger partial charge in [-0.1, -0.05) is 104 Å². The molecule has 0 aliphatic heterocycles. The number of nitrogens with zero attached hydrogens (tertiary/aromatic N) is 1. The summed E-state index contributed by atoms with van der Waals surface area (Å²) in [5.74, 6) is 0. The standard InChI is InChI=1S/C22H44F3N/c1-3-5-7-9-11-13-15-17-19-26(21-22(23,24)25)20-18-16-14-12-10-8-6-4-2/h3-21H2,1-2H3. The molecule has 4 heteroatoms. The second-order valence-corrected chi connectivity index (χ2v) is 7.84. The SMILES string of the molecule is CCCCCCCCCCN(CCCCCCCCCC)CC(F)(F)F. The quantitative estimate of drug-likeness (QED) is 0.205. The molecule has 0 aliphatic carbocycles. The van der Waals surface area contributed by atoms with E-state index < -0.39 is 12.7 Å². The molecule has 1 nitrogen and oxygen atoms in total. The number of rotatable bonds is 19. The highest BCUT2D eigenvalue weighted by atomic mass is 19.4. The van der Waals surface area contributed by atoms with Gasteiger partial charge in [0.1, 0.15) is 0 Å². The average Bonchev–Trinajstić information content (AvgIpc) is 2.58. The third-order valence-electron chi connectivity index (χ3n) is 5.06. The molecule has 0 atom stereocenters. The van der Waals surface area contributed by atoms with Gasteiger partial charge < -0.3 is 0 Å². The lowest BCUT2D eigenvalue weighted by atomic mass is 10.1. The minimum atomic E-state index is -4.07. The lowest BCUT2D eigenvalue weighted by Gasteiger charge is -2.23. The van der Waals surface area contributed by atoms with Crippen LogP contribution in [0.25, 0.3) is 0 Å². The van der Waals surface area contributed by atoms with Crippen molar-refractivity contribution < 1.29 is 13.2 Å². The fraction of sp³-hybridized carbons (Fsp3) is 1.00. The van der Waals surface area contributed by atoms with Crippen LogP contribution in [0.3, 0.4) is 0 Å². The van der Waals surface area contributed by atoms with E-state index in [0.717, 1.165) is 25.7 Å². The molecule has 0 aliphatic rings. The second kappa shape index (κ2) is 18.1. The Bertz CT molecular complexity index is 259. The van der Waals surface area contributed by atoms with Crippen LogP contribution in [0.2, 0.25) is 0 Å². The molecular formula is C22H44F3N. The summed E-state index contributed by atoms with van der Waals surface area (Å²) < 4.78 is 38.3. The van der Waals surface area contributed by atoms with E-state index in [-0.39, 0.29) is 0 Å². The van der Waals surface area contributed by atoms with Crippen molar-refractivity contribution in [3.63, 3.8) is 0 Å². The first-order valence-electron chi connectivity index (χ1n) is 11.3. The van der Waals surface area contributed by atoms with Gasteiger partial charge in [-0.05, 0) is 25.9 Å². The maximum atomic E-state index is 12.8. The molecule has 0 amide bonds. The van der Waals surface area contributed by atoms with Gasteiger partial charge in [-0.25, -0.2) is 0 Å². The summed E-state index contributed by atoms with van der Waals surface area (Å²) in [4.78, 5) is 1.63. The zero-order chi connectivity index (χ0) is 19.5. The fourth-order valence-corrected chi connectivity index (χ4v) is 3.46. The predicted octanol–water partition coefficient (Wildman–Crippen LogP) is 8.13. The van der Waals surface area contributed by atoms with Gasteiger partial charge in [0.2, 0.25) is 0 Å². The van der Waals surface area contributed by atoms with E-state index in [0.29, 0.717) is 13.1 Å². The Morgan fingerprint density at radius 1 is 0.500 bits per heavy atom. The highest BCUT2D eigenvalue weighted by Crippen LogP contribution is 2.18. The van der Waals surface area contributed by atoms with E-state index >= 15 is 0 Å². The maximum Gasteiger partial charge on any atom is 0.401 e. The van der Waals surface area contributed by atoms with Crippen LogP contribution in [-0.4, -0.2) is 30.7 Å². The first-order chi connectivity index (χ1) is 12.5. The molecule has 0 radical (unpaired) electrons. The molecule has 0 fully saturated rings. The van der Waals surface area contributed by atoms with Gasteiger partial charge in [-0.15, -0.1) is 0 Å². The van der Waals surface area contributed by atoms with Crippen molar-refractivity contribution in [3.05, 3.63) is 0 Å². The van der Waals surface area contributed by atoms with Crippen LogP contribution >= 0.6 is 0 Å². The first-order valence-corrected chi connectivity index (χ1v) is 11.3. The smallest absolute Gasteiger partial charge is 0.295 e. The Morgan fingerprint density at radius 2 is 0.808 bits per heavy atom. The van der Waals surface area contributed by atoms with E-state index in [1.807, 2.05) is 0 Å². The first kappa shape index (κ1) is 25.8. The summed E-state index contributed by atoms with van der Waals surface area (Å²) in [5.41, 5.74) is 0. The Morgan fingerprint density at radius 3 is 1.12 bits per heavy atom. The summed E-state index contributed by atoms with van der Waals surface area (Å²) >= 11 is 0. The Balaban J connectivity index is 3.74. The van der Waals surface area contributed by atoms with Gasteiger partial charge in [0.05, 0.1) is 6.54 Å². The molecule has 0 saturated carbocycles. The van der Waals surface area contributed by atoms with Gasteiger partial charge in [0, 0.05) is 0 Å². The summed E-state index contributed by atoms with van der Waals surface area (Å²) in [5, 5.41) is 0. The largest absolute Gasteiger partial charge is 0.401 e. The van der Waals surface area contributed by atoms with Gasteiger partial charge >= 0.3 is 6.18 Å². The lowest BCUT2D eigenvalue weighted by Crippen LogP contribution is -2.35. The van der Waals surface area contributed by atoms with Crippen molar-refractivity contribution in [2.24, 2.45) is 0 Å². The third-order valence-corrected chi connectivity index (χ3v) is 5.06. The normalized spacial score (nSPS) is 12.2. The summed E-state index contributed by atoms with van der Waals surface area (Å²) in [6, 6.07) is 0. The molecule has 158 valence electrons. The highest BCUT2D eigenvalue weighted by molar-refractivity contribution is 4.64. The monoisotopic (exact) mass is 379 g/mol. The van der Waals surface area contributed by atoms with Gasteiger partial charge in [0.25, 0.3) is 0 Å². The molecule has 0 N–H and O–H groups in total. The molecule has 0 aromatic rings. The molecule has 0 rings (SSSR count). The highest BCUT2D eigenvalue weighted by Gasteiger charge is 2.30. The molecule has 0 heterocycles. The molecule has 0 aromatic carbocycles.